The second kappa shape index (κ2) is 6.95. The summed E-state index contributed by atoms with van der Waals surface area (Å²) in [7, 11) is -3.48. The number of nitrogens with one attached hydrogen (secondary N) is 2. The highest BCUT2D eigenvalue weighted by Crippen LogP contribution is 2.28. The second-order valence-corrected chi connectivity index (χ2v) is 8.33. The monoisotopic (exact) mass is 344 g/mol. The standard InChI is InChI=1S/C19H24N2O2S/c1-14(8-9-16-6-4-3-5-7-16)21-24(22,23)18-10-11-19-17(13-18)12-15(2)20-19/h3-7,10-11,13-15,20-21H,8-9,12H2,1-2H3/t14-,15+/m1/s1. The normalized spacial score (nSPS) is 18.0. The molecule has 3 rings (SSSR count). The molecule has 2 aromatic carbocycles. The molecule has 5 heteroatoms. The van der Waals surface area contributed by atoms with E-state index in [1.165, 1.54) is 5.56 Å². The molecule has 2 aromatic rings. The summed E-state index contributed by atoms with van der Waals surface area (Å²) in [6, 6.07) is 15.7. The summed E-state index contributed by atoms with van der Waals surface area (Å²) in [5.41, 5.74) is 3.34. The Bertz CT molecular complexity index is 803. The van der Waals surface area contributed by atoms with Gasteiger partial charge in [-0.2, -0.15) is 0 Å². The van der Waals surface area contributed by atoms with E-state index in [0.717, 1.165) is 30.5 Å². The van der Waals surface area contributed by atoms with Crippen molar-refractivity contribution in [1.82, 2.24) is 4.72 Å². The molecule has 0 fully saturated rings. The molecule has 1 aliphatic heterocycles. The van der Waals surface area contributed by atoms with Crippen LogP contribution in [0, 0.1) is 0 Å². The molecule has 0 radical (unpaired) electrons. The van der Waals surface area contributed by atoms with Crippen LogP contribution in [0.3, 0.4) is 0 Å². The topological polar surface area (TPSA) is 58.2 Å². The Hall–Kier alpha value is -1.85. The molecule has 1 aliphatic rings. The van der Waals surface area contributed by atoms with E-state index in [-0.39, 0.29) is 6.04 Å². The minimum atomic E-state index is -3.48. The zero-order valence-corrected chi connectivity index (χ0v) is 14.9. The Balaban J connectivity index is 1.64. The maximum atomic E-state index is 12.6. The van der Waals surface area contributed by atoms with Crippen LogP contribution >= 0.6 is 0 Å². The summed E-state index contributed by atoms with van der Waals surface area (Å²) in [6.45, 7) is 4.01. The number of hydrogen-bond donors (Lipinski definition) is 2. The van der Waals surface area contributed by atoms with Crippen molar-refractivity contribution in [3.63, 3.8) is 0 Å². The van der Waals surface area contributed by atoms with Crippen molar-refractivity contribution >= 4 is 15.7 Å². The molecule has 0 spiro atoms. The first kappa shape index (κ1) is 17.0. The number of aryl methyl sites for hydroxylation is 1. The Morgan fingerprint density at radius 3 is 2.71 bits per heavy atom. The van der Waals surface area contributed by atoms with Gasteiger partial charge in [-0.3, -0.25) is 0 Å². The lowest BCUT2D eigenvalue weighted by atomic mass is 10.1. The van der Waals surface area contributed by atoms with Gasteiger partial charge < -0.3 is 5.32 Å². The minimum absolute atomic E-state index is 0.111. The van der Waals surface area contributed by atoms with Gasteiger partial charge in [-0.15, -0.1) is 0 Å². The summed E-state index contributed by atoms with van der Waals surface area (Å²) in [6.07, 6.45) is 2.49. The van der Waals surface area contributed by atoms with Crippen molar-refractivity contribution in [2.75, 3.05) is 5.32 Å². The molecule has 2 N–H and O–H groups in total. The van der Waals surface area contributed by atoms with E-state index < -0.39 is 10.0 Å². The maximum absolute atomic E-state index is 12.6. The van der Waals surface area contributed by atoms with Crippen LogP contribution < -0.4 is 10.0 Å². The van der Waals surface area contributed by atoms with E-state index in [2.05, 4.69) is 29.1 Å². The van der Waals surface area contributed by atoms with Gasteiger partial charge in [0.2, 0.25) is 10.0 Å². The first-order valence-corrected chi connectivity index (χ1v) is 9.88. The first-order valence-electron chi connectivity index (χ1n) is 8.40. The van der Waals surface area contributed by atoms with Gasteiger partial charge in [0.15, 0.2) is 0 Å². The summed E-state index contributed by atoms with van der Waals surface area (Å²) in [4.78, 5) is 0.351. The number of sulfonamides is 1. The molecular weight excluding hydrogens is 320 g/mol. The molecule has 128 valence electrons. The highest BCUT2D eigenvalue weighted by molar-refractivity contribution is 7.89. The molecule has 2 atom stereocenters. The van der Waals surface area contributed by atoms with Crippen LogP contribution in [0.5, 0.6) is 0 Å². The minimum Gasteiger partial charge on any atom is -0.382 e. The molecule has 0 unspecified atom stereocenters. The van der Waals surface area contributed by atoms with E-state index in [1.807, 2.05) is 31.2 Å². The largest absolute Gasteiger partial charge is 0.382 e. The Kier molecular flexibility index (Phi) is 4.92. The van der Waals surface area contributed by atoms with Gasteiger partial charge in [0.1, 0.15) is 0 Å². The third-order valence-corrected chi connectivity index (χ3v) is 5.97. The number of anilines is 1. The SMILES string of the molecule is C[C@H](CCc1ccccc1)NS(=O)(=O)c1ccc2c(c1)C[C@H](C)N2. The van der Waals surface area contributed by atoms with Crippen LogP contribution in [0.4, 0.5) is 5.69 Å². The molecule has 0 aliphatic carbocycles. The van der Waals surface area contributed by atoms with E-state index in [1.54, 1.807) is 12.1 Å². The summed E-state index contributed by atoms with van der Waals surface area (Å²) < 4.78 is 28.0. The molecule has 1 heterocycles. The van der Waals surface area contributed by atoms with Crippen molar-refractivity contribution in [2.45, 2.75) is 50.1 Å². The van der Waals surface area contributed by atoms with Crippen molar-refractivity contribution in [1.29, 1.82) is 0 Å². The summed E-state index contributed by atoms with van der Waals surface area (Å²) in [5.74, 6) is 0. The van der Waals surface area contributed by atoms with Crippen molar-refractivity contribution < 1.29 is 8.42 Å². The predicted molar refractivity (Wildman–Crippen MR) is 97.8 cm³/mol. The van der Waals surface area contributed by atoms with Crippen LogP contribution in [-0.4, -0.2) is 20.5 Å². The van der Waals surface area contributed by atoms with Crippen LogP contribution in [-0.2, 0) is 22.9 Å². The van der Waals surface area contributed by atoms with Crippen molar-refractivity contribution in [3.05, 3.63) is 59.7 Å². The first-order chi connectivity index (χ1) is 11.4. The molecule has 4 nitrogen and oxygen atoms in total. The Labute approximate surface area is 144 Å². The van der Waals surface area contributed by atoms with Crippen LogP contribution in [0.15, 0.2) is 53.4 Å². The Morgan fingerprint density at radius 2 is 1.96 bits per heavy atom. The third-order valence-electron chi connectivity index (χ3n) is 4.38. The molecule has 0 saturated carbocycles. The van der Waals surface area contributed by atoms with E-state index in [0.29, 0.717) is 10.9 Å². The third kappa shape index (κ3) is 3.97. The summed E-state index contributed by atoms with van der Waals surface area (Å²) in [5, 5.41) is 3.34. The number of hydrogen-bond acceptors (Lipinski definition) is 3. The number of benzene rings is 2. The smallest absolute Gasteiger partial charge is 0.240 e. The van der Waals surface area contributed by atoms with Crippen LogP contribution in [0.2, 0.25) is 0 Å². The molecular formula is C19H24N2O2S. The summed E-state index contributed by atoms with van der Waals surface area (Å²) >= 11 is 0. The lowest BCUT2D eigenvalue weighted by Gasteiger charge is -2.15. The van der Waals surface area contributed by atoms with Gasteiger partial charge in [0.25, 0.3) is 0 Å². The fraction of sp³-hybridized carbons (Fsp3) is 0.368. The molecule has 0 aromatic heterocycles. The van der Waals surface area contributed by atoms with Crippen LogP contribution in [0.1, 0.15) is 31.4 Å². The quantitative estimate of drug-likeness (QED) is 0.845. The van der Waals surface area contributed by atoms with E-state index in [9.17, 15) is 8.42 Å². The van der Waals surface area contributed by atoms with Crippen molar-refractivity contribution in [3.8, 4) is 0 Å². The van der Waals surface area contributed by atoms with Crippen molar-refractivity contribution in [2.24, 2.45) is 0 Å². The van der Waals surface area contributed by atoms with Gasteiger partial charge in [0.05, 0.1) is 4.90 Å². The second-order valence-electron chi connectivity index (χ2n) is 6.62. The average Bonchev–Trinajstić information content (AvgIpc) is 2.92. The van der Waals surface area contributed by atoms with Gasteiger partial charge >= 0.3 is 0 Å². The lowest BCUT2D eigenvalue weighted by Crippen LogP contribution is -2.33. The molecule has 0 amide bonds. The number of fused-ring (bicyclic) bond motifs is 1. The van der Waals surface area contributed by atoms with E-state index >= 15 is 0 Å². The number of rotatable bonds is 6. The fourth-order valence-electron chi connectivity index (χ4n) is 3.11. The predicted octanol–water partition coefficient (Wildman–Crippen LogP) is 3.34. The fourth-order valence-corrected chi connectivity index (χ4v) is 4.44. The molecule has 0 saturated heterocycles. The Morgan fingerprint density at radius 1 is 1.21 bits per heavy atom. The van der Waals surface area contributed by atoms with Gasteiger partial charge in [0, 0.05) is 17.8 Å². The molecule has 24 heavy (non-hydrogen) atoms. The highest BCUT2D eigenvalue weighted by atomic mass is 32.2. The highest BCUT2D eigenvalue weighted by Gasteiger charge is 2.22. The van der Waals surface area contributed by atoms with Gasteiger partial charge in [-0.1, -0.05) is 30.3 Å². The van der Waals surface area contributed by atoms with Gasteiger partial charge in [-0.25, -0.2) is 13.1 Å². The van der Waals surface area contributed by atoms with E-state index in [4.69, 9.17) is 0 Å². The van der Waals surface area contributed by atoms with Crippen LogP contribution in [0.25, 0.3) is 0 Å². The lowest BCUT2D eigenvalue weighted by molar-refractivity contribution is 0.547. The zero-order chi connectivity index (χ0) is 17.2. The maximum Gasteiger partial charge on any atom is 0.240 e. The molecule has 0 bridgehead atoms. The zero-order valence-electron chi connectivity index (χ0n) is 14.1. The van der Waals surface area contributed by atoms with Gasteiger partial charge in [-0.05, 0) is 62.4 Å². The average molecular weight is 344 g/mol.